The van der Waals surface area contributed by atoms with E-state index in [4.69, 9.17) is 5.73 Å². The van der Waals surface area contributed by atoms with Crippen LogP contribution >= 0.6 is 15.9 Å². The van der Waals surface area contributed by atoms with Gasteiger partial charge in [0.15, 0.2) is 9.84 Å². The monoisotopic (exact) mass is 443 g/mol. The van der Waals surface area contributed by atoms with Gasteiger partial charge in [-0.15, -0.1) is 0 Å². The average molecular weight is 444 g/mol. The summed E-state index contributed by atoms with van der Waals surface area (Å²) in [5, 5.41) is 20.1. The van der Waals surface area contributed by atoms with Gasteiger partial charge in [0.1, 0.15) is 27.8 Å². The van der Waals surface area contributed by atoms with Crippen molar-refractivity contribution in [2.24, 2.45) is 5.73 Å². The van der Waals surface area contributed by atoms with Crippen LogP contribution in [0.1, 0.15) is 40.2 Å². The zero-order valence-corrected chi connectivity index (χ0v) is 15.8. The summed E-state index contributed by atoms with van der Waals surface area (Å²) in [6.07, 6.45) is 1.41. The number of amides is 1. The highest BCUT2D eigenvalue weighted by molar-refractivity contribution is 9.10. The van der Waals surface area contributed by atoms with Crippen molar-refractivity contribution >= 4 is 31.7 Å². The van der Waals surface area contributed by atoms with Crippen LogP contribution in [0, 0.1) is 5.82 Å². The lowest BCUT2D eigenvalue weighted by atomic mass is 10.00. The normalized spacial score (nSPS) is 14.4. The average Bonchev–Trinajstić information content (AvgIpc) is 3.36. The largest absolute Gasteiger partial charge is 0.507 e. The second-order valence-electron chi connectivity index (χ2n) is 6.17. The number of benzene rings is 2. The van der Waals surface area contributed by atoms with Gasteiger partial charge >= 0.3 is 0 Å². The maximum absolute atomic E-state index is 14.5. The van der Waals surface area contributed by atoms with Gasteiger partial charge in [0.05, 0.1) is 5.75 Å². The number of primary amides is 1. The summed E-state index contributed by atoms with van der Waals surface area (Å²) in [7, 11) is -4.08. The first-order valence-electron chi connectivity index (χ1n) is 7.67. The molecule has 138 valence electrons. The Labute approximate surface area is 157 Å². The molecule has 1 fully saturated rings. The molecular weight excluding hydrogens is 429 g/mol. The molecule has 1 amide bonds. The van der Waals surface area contributed by atoms with Crippen LogP contribution in [0.2, 0.25) is 0 Å². The fourth-order valence-corrected chi connectivity index (χ4v) is 4.76. The smallest absolute Gasteiger partial charge is 0.255 e. The molecule has 0 aromatic heterocycles. The molecule has 0 bridgehead atoms. The van der Waals surface area contributed by atoms with Crippen molar-refractivity contribution in [2.75, 3.05) is 0 Å². The number of sulfone groups is 1. The third kappa shape index (κ3) is 3.41. The Morgan fingerprint density at radius 3 is 2.50 bits per heavy atom. The summed E-state index contributed by atoms with van der Waals surface area (Å²) in [6.45, 7) is 0. The van der Waals surface area contributed by atoms with Crippen molar-refractivity contribution in [1.29, 1.82) is 0 Å². The van der Waals surface area contributed by atoms with E-state index in [1.807, 2.05) is 0 Å². The topological polar surface area (TPSA) is 118 Å². The van der Waals surface area contributed by atoms with E-state index in [9.17, 15) is 27.8 Å². The molecule has 0 heterocycles. The SMILES string of the molecule is NC(=O)c1c(O)c(CS(=O)(=O)c2cc(Br)ccc2O)cc(C2CC2)c1F. The lowest BCUT2D eigenvalue weighted by molar-refractivity contribution is 0.0993. The van der Waals surface area contributed by atoms with Crippen LogP contribution in [0.25, 0.3) is 0 Å². The van der Waals surface area contributed by atoms with E-state index in [1.165, 1.54) is 24.3 Å². The molecule has 9 heteroatoms. The molecule has 0 atom stereocenters. The number of hydrogen-bond donors (Lipinski definition) is 3. The van der Waals surface area contributed by atoms with E-state index in [0.29, 0.717) is 17.3 Å². The van der Waals surface area contributed by atoms with Gasteiger partial charge in [-0.2, -0.15) is 0 Å². The van der Waals surface area contributed by atoms with E-state index in [0.717, 1.165) is 0 Å². The lowest BCUT2D eigenvalue weighted by Crippen LogP contribution is -2.16. The first-order chi connectivity index (χ1) is 12.1. The van der Waals surface area contributed by atoms with Gasteiger partial charge in [0.2, 0.25) is 0 Å². The number of phenolic OH excluding ortho intramolecular Hbond substituents is 1. The van der Waals surface area contributed by atoms with Crippen LogP contribution in [0.4, 0.5) is 4.39 Å². The molecule has 1 aliphatic carbocycles. The summed E-state index contributed by atoms with van der Waals surface area (Å²) in [4.78, 5) is 11.2. The van der Waals surface area contributed by atoms with Gasteiger partial charge in [0, 0.05) is 10.0 Å². The quantitative estimate of drug-likeness (QED) is 0.656. The van der Waals surface area contributed by atoms with E-state index >= 15 is 0 Å². The first kappa shape index (κ1) is 18.7. The predicted octanol–water partition coefficient (Wildman–Crippen LogP) is 2.95. The minimum Gasteiger partial charge on any atom is -0.507 e. The molecule has 2 aromatic rings. The second-order valence-corrected chi connectivity index (χ2v) is 9.05. The standard InChI is InChI=1S/C17H15BrFNO5S/c18-10-3-4-12(21)13(6-10)26(24,25)7-9-5-11(8-1-2-8)15(19)14(16(9)22)17(20)23/h3-6,8,21-22H,1-2,7H2,(H2,20,23). The highest BCUT2D eigenvalue weighted by atomic mass is 79.9. The molecule has 1 aliphatic rings. The number of aromatic hydroxyl groups is 2. The fourth-order valence-electron chi connectivity index (χ4n) is 2.77. The molecule has 6 nitrogen and oxygen atoms in total. The number of hydrogen-bond acceptors (Lipinski definition) is 5. The van der Waals surface area contributed by atoms with Gasteiger partial charge in [-0.1, -0.05) is 15.9 Å². The molecule has 26 heavy (non-hydrogen) atoms. The lowest BCUT2D eigenvalue weighted by Gasteiger charge is -2.14. The summed E-state index contributed by atoms with van der Waals surface area (Å²) in [6, 6.07) is 5.16. The highest BCUT2D eigenvalue weighted by Gasteiger charge is 2.33. The molecule has 1 saturated carbocycles. The summed E-state index contributed by atoms with van der Waals surface area (Å²) >= 11 is 3.13. The van der Waals surface area contributed by atoms with Crippen molar-refractivity contribution in [3.05, 3.63) is 51.2 Å². The Hall–Kier alpha value is -2.13. The molecule has 4 N–H and O–H groups in total. The number of halogens is 2. The minimum atomic E-state index is -4.08. The van der Waals surface area contributed by atoms with Crippen LogP contribution in [-0.4, -0.2) is 24.5 Å². The molecule has 0 spiro atoms. The maximum Gasteiger partial charge on any atom is 0.255 e. The van der Waals surface area contributed by atoms with Crippen LogP contribution in [0.15, 0.2) is 33.6 Å². The Bertz CT molecular complexity index is 1020. The predicted molar refractivity (Wildman–Crippen MR) is 95.3 cm³/mol. The van der Waals surface area contributed by atoms with E-state index in [2.05, 4.69) is 15.9 Å². The number of nitrogens with two attached hydrogens (primary N) is 1. The zero-order chi connectivity index (χ0) is 19.2. The summed E-state index contributed by atoms with van der Waals surface area (Å²) in [5.41, 5.74) is 4.48. The Morgan fingerprint density at radius 2 is 1.92 bits per heavy atom. The third-order valence-electron chi connectivity index (χ3n) is 4.21. The van der Waals surface area contributed by atoms with Crippen molar-refractivity contribution in [3.63, 3.8) is 0 Å². The molecular formula is C17H15BrFNO5S. The fraction of sp³-hybridized carbons (Fsp3) is 0.235. The van der Waals surface area contributed by atoms with Crippen LogP contribution in [0.3, 0.4) is 0 Å². The van der Waals surface area contributed by atoms with Crippen molar-refractivity contribution in [1.82, 2.24) is 0 Å². The Kier molecular flexibility index (Phi) is 4.70. The van der Waals surface area contributed by atoms with Crippen molar-refractivity contribution in [3.8, 4) is 11.5 Å². The van der Waals surface area contributed by atoms with Gasteiger partial charge in [0.25, 0.3) is 5.91 Å². The Balaban J connectivity index is 2.12. The number of carbonyl (C=O) groups excluding carboxylic acids is 1. The summed E-state index contributed by atoms with van der Waals surface area (Å²) in [5.74, 6) is -4.18. The van der Waals surface area contributed by atoms with E-state index in [1.54, 1.807) is 0 Å². The maximum atomic E-state index is 14.5. The van der Waals surface area contributed by atoms with Gasteiger partial charge in [-0.3, -0.25) is 4.79 Å². The minimum absolute atomic E-state index is 0.130. The molecule has 0 unspecified atom stereocenters. The van der Waals surface area contributed by atoms with E-state index < -0.39 is 44.4 Å². The molecule has 0 aliphatic heterocycles. The van der Waals surface area contributed by atoms with Gasteiger partial charge in [-0.25, -0.2) is 12.8 Å². The summed E-state index contributed by atoms with van der Waals surface area (Å²) < 4.78 is 40.3. The number of carbonyl (C=O) groups is 1. The van der Waals surface area contributed by atoms with Crippen LogP contribution in [-0.2, 0) is 15.6 Å². The van der Waals surface area contributed by atoms with Gasteiger partial charge < -0.3 is 15.9 Å². The van der Waals surface area contributed by atoms with Crippen molar-refractivity contribution in [2.45, 2.75) is 29.4 Å². The number of rotatable bonds is 5. The second kappa shape index (κ2) is 6.55. The third-order valence-corrected chi connectivity index (χ3v) is 6.39. The van der Waals surface area contributed by atoms with Crippen LogP contribution in [0.5, 0.6) is 11.5 Å². The van der Waals surface area contributed by atoms with Crippen LogP contribution < -0.4 is 5.73 Å². The molecule has 3 rings (SSSR count). The number of phenols is 2. The molecule has 2 aromatic carbocycles. The first-order valence-corrected chi connectivity index (χ1v) is 10.1. The Morgan fingerprint density at radius 1 is 1.27 bits per heavy atom. The van der Waals surface area contributed by atoms with Crippen molar-refractivity contribution < 1.29 is 27.8 Å². The molecule has 0 radical (unpaired) electrons. The van der Waals surface area contributed by atoms with E-state index in [-0.39, 0.29) is 21.9 Å². The zero-order valence-electron chi connectivity index (χ0n) is 13.4. The van der Waals surface area contributed by atoms with Gasteiger partial charge in [-0.05, 0) is 48.6 Å². The highest BCUT2D eigenvalue weighted by Crippen LogP contribution is 2.44. The molecule has 0 saturated heterocycles.